The lowest BCUT2D eigenvalue weighted by Crippen LogP contribution is -2.54. The molecule has 4 heteroatoms. The number of aliphatic carboxylic acids is 1. The van der Waals surface area contributed by atoms with Gasteiger partial charge in [0.1, 0.15) is 0 Å². The molecule has 92 valence electrons. The number of fused-ring (bicyclic) bond motifs is 1. The van der Waals surface area contributed by atoms with E-state index >= 15 is 0 Å². The van der Waals surface area contributed by atoms with Crippen molar-refractivity contribution in [3.05, 3.63) is 42.1 Å². The number of benzene rings is 1. The van der Waals surface area contributed by atoms with Crippen LogP contribution in [0.25, 0.3) is 10.9 Å². The molecule has 1 aliphatic rings. The van der Waals surface area contributed by atoms with Crippen molar-refractivity contribution in [2.75, 3.05) is 0 Å². The predicted molar refractivity (Wildman–Crippen MR) is 68.3 cm³/mol. The van der Waals surface area contributed by atoms with Gasteiger partial charge < -0.3 is 10.8 Å². The molecular formula is C14H14N2O2. The minimum absolute atomic E-state index is 0.0134. The van der Waals surface area contributed by atoms with Crippen molar-refractivity contribution >= 4 is 16.9 Å². The number of nitrogens with two attached hydrogens (primary N) is 1. The highest BCUT2D eigenvalue weighted by Crippen LogP contribution is 2.43. The van der Waals surface area contributed by atoms with Crippen LogP contribution in [-0.4, -0.2) is 22.1 Å². The summed E-state index contributed by atoms with van der Waals surface area (Å²) in [7, 11) is 0. The first-order valence-corrected chi connectivity index (χ1v) is 5.96. The van der Waals surface area contributed by atoms with E-state index in [0.29, 0.717) is 12.8 Å². The fourth-order valence-electron chi connectivity index (χ4n) is 2.73. The molecule has 0 unspecified atom stereocenters. The second-order valence-corrected chi connectivity index (χ2v) is 4.97. The summed E-state index contributed by atoms with van der Waals surface area (Å²) < 4.78 is 0. The zero-order valence-electron chi connectivity index (χ0n) is 9.84. The van der Waals surface area contributed by atoms with Crippen LogP contribution in [0.3, 0.4) is 0 Å². The van der Waals surface area contributed by atoms with Gasteiger partial charge in [0.05, 0.1) is 10.9 Å². The molecule has 0 radical (unpaired) electrons. The van der Waals surface area contributed by atoms with Crippen LogP contribution in [0.4, 0.5) is 0 Å². The van der Waals surface area contributed by atoms with Crippen LogP contribution in [0.2, 0.25) is 0 Å². The molecule has 18 heavy (non-hydrogen) atoms. The summed E-state index contributed by atoms with van der Waals surface area (Å²) in [6, 6.07) is 9.49. The molecule has 0 aliphatic heterocycles. The summed E-state index contributed by atoms with van der Waals surface area (Å²) in [4.78, 5) is 15.8. The van der Waals surface area contributed by atoms with Gasteiger partial charge in [0.15, 0.2) is 0 Å². The van der Waals surface area contributed by atoms with E-state index in [1.807, 2.05) is 30.3 Å². The molecular weight excluding hydrogens is 228 g/mol. The normalized spacial score (nSPS) is 26.8. The van der Waals surface area contributed by atoms with E-state index < -0.39 is 11.4 Å². The molecule has 2 aromatic rings. The summed E-state index contributed by atoms with van der Waals surface area (Å²) in [5, 5.41) is 10.5. The van der Waals surface area contributed by atoms with Crippen molar-refractivity contribution < 1.29 is 9.90 Å². The van der Waals surface area contributed by atoms with Gasteiger partial charge in [-0.1, -0.05) is 18.2 Å². The smallest absolute Gasteiger partial charge is 0.314 e. The molecule has 1 saturated carbocycles. The van der Waals surface area contributed by atoms with Gasteiger partial charge in [0.25, 0.3) is 0 Å². The maximum absolute atomic E-state index is 11.5. The van der Waals surface area contributed by atoms with E-state index in [4.69, 9.17) is 5.73 Å². The molecule has 0 bridgehead atoms. The molecule has 1 aromatic heterocycles. The number of aromatic nitrogens is 1. The van der Waals surface area contributed by atoms with Gasteiger partial charge in [-0.05, 0) is 30.5 Å². The highest BCUT2D eigenvalue weighted by Gasteiger charge is 2.50. The molecule has 3 rings (SSSR count). The Hall–Kier alpha value is -1.94. The van der Waals surface area contributed by atoms with Crippen molar-refractivity contribution in [2.45, 2.75) is 24.3 Å². The summed E-state index contributed by atoms with van der Waals surface area (Å²) in [6.07, 6.45) is 2.72. The number of carboxylic acids is 1. The third kappa shape index (κ3) is 1.49. The average Bonchev–Trinajstić information content (AvgIpc) is 2.34. The summed E-state index contributed by atoms with van der Waals surface area (Å²) in [5.74, 6) is -0.792. The summed E-state index contributed by atoms with van der Waals surface area (Å²) in [6.45, 7) is 0. The van der Waals surface area contributed by atoms with Crippen molar-refractivity contribution in [1.29, 1.82) is 0 Å². The summed E-state index contributed by atoms with van der Waals surface area (Å²) in [5.41, 5.74) is 6.59. The Morgan fingerprint density at radius 3 is 2.83 bits per heavy atom. The molecule has 0 amide bonds. The Labute approximate surface area is 104 Å². The van der Waals surface area contributed by atoms with Crippen LogP contribution in [0.15, 0.2) is 36.5 Å². The minimum atomic E-state index is -0.814. The van der Waals surface area contributed by atoms with Gasteiger partial charge in [-0.3, -0.25) is 9.78 Å². The number of carbonyl (C=O) groups is 1. The zero-order chi connectivity index (χ0) is 12.8. The molecule has 1 aromatic carbocycles. The van der Waals surface area contributed by atoms with Gasteiger partial charge in [-0.15, -0.1) is 0 Å². The van der Waals surface area contributed by atoms with Crippen LogP contribution in [0.1, 0.15) is 18.4 Å². The first kappa shape index (κ1) is 11.2. The zero-order valence-corrected chi connectivity index (χ0v) is 9.84. The van der Waals surface area contributed by atoms with E-state index in [1.54, 1.807) is 6.20 Å². The lowest BCUT2D eigenvalue weighted by atomic mass is 9.62. The second-order valence-electron chi connectivity index (χ2n) is 4.97. The molecule has 3 N–H and O–H groups in total. The molecule has 0 spiro atoms. The predicted octanol–water partition coefficient (Wildman–Crippen LogP) is 1.68. The monoisotopic (exact) mass is 242 g/mol. The lowest BCUT2D eigenvalue weighted by molar-refractivity contribution is -0.148. The van der Waals surface area contributed by atoms with Gasteiger partial charge in [0, 0.05) is 17.6 Å². The van der Waals surface area contributed by atoms with E-state index in [9.17, 15) is 9.90 Å². The first-order valence-electron chi connectivity index (χ1n) is 5.96. The molecule has 4 nitrogen and oxygen atoms in total. The molecule has 0 saturated heterocycles. The third-order valence-electron chi connectivity index (χ3n) is 3.79. The average molecular weight is 242 g/mol. The Bertz CT molecular complexity index is 618. The Balaban J connectivity index is 2.11. The summed E-state index contributed by atoms with van der Waals surface area (Å²) >= 11 is 0. The fraction of sp³-hybridized carbons (Fsp3) is 0.286. The molecule has 1 fully saturated rings. The van der Waals surface area contributed by atoms with Gasteiger partial charge in [0.2, 0.25) is 0 Å². The van der Waals surface area contributed by atoms with Crippen molar-refractivity contribution in [3.63, 3.8) is 0 Å². The fourth-order valence-corrected chi connectivity index (χ4v) is 2.73. The number of nitrogens with zero attached hydrogens (tertiary/aromatic N) is 1. The Morgan fingerprint density at radius 2 is 2.17 bits per heavy atom. The van der Waals surface area contributed by atoms with E-state index in [-0.39, 0.29) is 6.04 Å². The number of carboxylic acid groups (broad SMARTS) is 1. The standard InChI is InChI=1S/C14H14N2O2/c15-11-7-14(8-11,13(17)18)10-4-3-9-2-1-5-16-12(9)6-10/h1-6,11H,7-8,15H2,(H,17,18). The van der Waals surface area contributed by atoms with Crippen molar-refractivity contribution in [3.8, 4) is 0 Å². The molecule has 1 aliphatic carbocycles. The highest BCUT2D eigenvalue weighted by atomic mass is 16.4. The van der Waals surface area contributed by atoms with Crippen molar-refractivity contribution in [1.82, 2.24) is 4.98 Å². The van der Waals surface area contributed by atoms with Crippen LogP contribution in [0, 0.1) is 0 Å². The number of rotatable bonds is 2. The number of pyridine rings is 1. The minimum Gasteiger partial charge on any atom is -0.481 e. The highest BCUT2D eigenvalue weighted by molar-refractivity contribution is 5.86. The van der Waals surface area contributed by atoms with Crippen molar-refractivity contribution in [2.24, 2.45) is 5.73 Å². The SMILES string of the molecule is NC1CC(C(=O)O)(c2ccc3cccnc3c2)C1. The topological polar surface area (TPSA) is 76.2 Å². The second kappa shape index (κ2) is 3.78. The first-order chi connectivity index (χ1) is 8.62. The van der Waals surface area contributed by atoms with E-state index in [0.717, 1.165) is 16.5 Å². The van der Waals surface area contributed by atoms with Crippen LogP contribution in [0.5, 0.6) is 0 Å². The molecule has 1 heterocycles. The molecule has 0 atom stereocenters. The maximum atomic E-state index is 11.5. The van der Waals surface area contributed by atoms with Crippen LogP contribution in [-0.2, 0) is 10.2 Å². The van der Waals surface area contributed by atoms with Crippen LogP contribution < -0.4 is 5.73 Å². The van der Waals surface area contributed by atoms with E-state index in [2.05, 4.69) is 4.98 Å². The van der Waals surface area contributed by atoms with Gasteiger partial charge in [-0.25, -0.2) is 0 Å². The Kier molecular flexibility index (Phi) is 2.35. The van der Waals surface area contributed by atoms with E-state index in [1.165, 1.54) is 0 Å². The number of hydrogen-bond donors (Lipinski definition) is 2. The largest absolute Gasteiger partial charge is 0.481 e. The maximum Gasteiger partial charge on any atom is 0.314 e. The van der Waals surface area contributed by atoms with Gasteiger partial charge in [-0.2, -0.15) is 0 Å². The lowest BCUT2D eigenvalue weighted by Gasteiger charge is -2.43. The Morgan fingerprint density at radius 1 is 1.39 bits per heavy atom. The van der Waals surface area contributed by atoms with Crippen LogP contribution >= 0.6 is 0 Å². The quantitative estimate of drug-likeness (QED) is 0.840. The third-order valence-corrected chi connectivity index (χ3v) is 3.79. The number of hydrogen-bond acceptors (Lipinski definition) is 3. The van der Waals surface area contributed by atoms with Gasteiger partial charge >= 0.3 is 5.97 Å².